The molecule has 21 heavy (non-hydrogen) atoms. The summed E-state index contributed by atoms with van der Waals surface area (Å²) in [4.78, 5) is 27.4. The largest absolute Gasteiger partial charge is 0.466 e. The van der Waals surface area contributed by atoms with Crippen LogP contribution in [0.4, 0.5) is 0 Å². The first kappa shape index (κ1) is 15.4. The zero-order valence-electron chi connectivity index (χ0n) is 12.4. The number of nitrogens with zero attached hydrogens (tertiary/aromatic N) is 1. The van der Waals surface area contributed by atoms with Gasteiger partial charge in [-0.05, 0) is 26.8 Å². The lowest BCUT2D eigenvalue weighted by Crippen LogP contribution is -2.22. The molecule has 2 aromatic rings. The van der Waals surface area contributed by atoms with Gasteiger partial charge >= 0.3 is 0 Å². The van der Waals surface area contributed by atoms with E-state index in [0.29, 0.717) is 36.5 Å². The molecule has 0 unspecified atom stereocenters. The van der Waals surface area contributed by atoms with Gasteiger partial charge < -0.3 is 9.73 Å². The third kappa shape index (κ3) is 4.26. The maximum absolute atomic E-state index is 11.8. The first-order chi connectivity index (χ1) is 9.95. The van der Waals surface area contributed by atoms with Crippen LogP contribution in [0, 0.1) is 13.8 Å². The third-order valence-electron chi connectivity index (χ3n) is 3.05. The number of Topliss-reactive ketones (excluding diaryl/α,β-unsaturated/α-hetero) is 1. The molecule has 112 valence electrons. The van der Waals surface area contributed by atoms with Crippen LogP contribution in [-0.4, -0.2) is 16.7 Å². The zero-order valence-corrected chi connectivity index (χ0v) is 13.2. The maximum Gasteiger partial charge on any atom is 0.220 e. The summed E-state index contributed by atoms with van der Waals surface area (Å²) in [6.07, 6.45) is 0.811. The van der Waals surface area contributed by atoms with E-state index in [0.717, 1.165) is 10.7 Å². The summed E-state index contributed by atoms with van der Waals surface area (Å²) >= 11 is 1.53. The molecule has 0 aliphatic carbocycles. The van der Waals surface area contributed by atoms with Crippen molar-refractivity contribution in [2.24, 2.45) is 0 Å². The van der Waals surface area contributed by atoms with Crippen LogP contribution < -0.4 is 5.32 Å². The molecular weight excluding hydrogens is 288 g/mol. The molecule has 0 aliphatic rings. The summed E-state index contributed by atoms with van der Waals surface area (Å²) in [6.45, 7) is 5.64. The van der Waals surface area contributed by atoms with Gasteiger partial charge in [-0.1, -0.05) is 0 Å². The van der Waals surface area contributed by atoms with E-state index in [1.54, 1.807) is 13.0 Å². The lowest BCUT2D eigenvalue weighted by atomic mass is 10.1. The SMILES string of the molecule is CC(=O)c1cc(CCC(=O)NCc2nc(C)cs2)oc1C. The fourth-order valence-corrected chi connectivity index (χ4v) is 2.71. The molecule has 2 aromatic heterocycles. The number of carbonyl (C=O) groups excluding carboxylic acids is 2. The zero-order chi connectivity index (χ0) is 15.4. The Morgan fingerprint density at radius 1 is 1.38 bits per heavy atom. The van der Waals surface area contributed by atoms with Crippen LogP contribution in [0.25, 0.3) is 0 Å². The molecule has 0 bridgehead atoms. The van der Waals surface area contributed by atoms with Crippen LogP contribution >= 0.6 is 11.3 Å². The van der Waals surface area contributed by atoms with Gasteiger partial charge in [0.2, 0.25) is 5.91 Å². The van der Waals surface area contributed by atoms with Crippen molar-refractivity contribution in [3.63, 3.8) is 0 Å². The van der Waals surface area contributed by atoms with Crippen LogP contribution in [-0.2, 0) is 17.8 Å². The second-order valence-electron chi connectivity index (χ2n) is 4.90. The normalized spacial score (nSPS) is 10.6. The molecule has 2 rings (SSSR count). The number of furan rings is 1. The van der Waals surface area contributed by atoms with Crippen molar-refractivity contribution in [3.05, 3.63) is 39.2 Å². The number of aryl methyl sites for hydroxylation is 3. The van der Waals surface area contributed by atoms with Gasteiger partial charge in [-0.25, -0.2) is 4.98 Å². The number of carbonyl (C=O) groups is 2. The summed E-state index contributed by atoms with van der Waals surface area (Å²) < 4.78 is 5.48. The quantitative estimate of drug-likeness (QED) is 0.833. The fourth-order valence-electron chi connectivity index (χ4n) is 2.00. The second kappa shape index (κ2) is 6.67. The molecule has 0 aliphatic heterocycles. The average molecular weight is 306 g/mol. The van der Waals surface area contributed by atoms with Crippen molar-refractivity contribution >= 4 is 23.0 Å². The van der Waals surface area contributed by atoms with Crippen molar-refractivity contribution in [1.82, 2.24) is 10.3 Å². The maximum atomic E-state index is 11.8. The van der Waals surface area contributed by atoms with Crippen molar-refractivity contribution in [2.75, 3.05) is 0 Å². The topological polar surface area (TPSA) is 72.2 Å². The molecule has 5 nitrogen and oxygen atoms in total. The van der Waals surface area contributed by atoms with E-state index in [1.165, 1.54) is 18.3 Å². The highest BCUT2D eigenvalue weighted by Crippen LogP contribution is 2.16. The monoisotopic (exact) mass is 306 g/mol. The Bertz CT molecular complexity index is 658. The Morgan fingerprint density at radius 3 is 2.71 bits per heavy atom. The van der Waals surface area contributed by atoms with E-state index < -0.39 is 0 Å². The number of thiazole rings is 1. The first-order valence-corrected chi connectivity index (χ1v) is 7.61. The molecule has 2 heterocycles. The van der Waals surface area contributed by atoms with Gasteiger partial charge in [0.25, 0.3) is 0 Å². The molecule has 6 heteroatoms. The number of rotatable bonds is 6. The number of aromatic nitrogens is 1. The van der Waals surface area contributed by atoms with Gasteiger partial charge in [-0.2, -0.15) is 0 Å². The van der Waals surface area contributed by atoms with Gasteiger partial charge in [0.1, 0.15) is 16.5 Å². The molecule has 1 N–H and O–H groups in total. The first-order valence-electron chi connectivity index (χ1n) is 6.73. The van der Waals surface area contributed by atoms with Gasteiger partial charge in [-0.3, -0.25) is 9.59 Å². The van der Waals surface area contributed by atoms with E-state index in [2.05, 4.69) is 10.3 Å². The van der Waals surface area contributed by atoms with E-state index in [9.17, 15) is 9.59 Å². The Morgan fingerprint density at radius 2 is 2.14 bits per heavy atom. The third-order valence-corrected chi connectivity index (χ3v) is 4.02. The minimum Gasteiger partial charge on any atom is -0.466 e. The molecule has 0 saturated heterocycles. The Labute approximate surface area is 127 Å². The minimum absolute atomic E-state index is 0.0221. The van der Waals surface area contributed by atoms with Crippen molar-refractivity contribution in [2.45, 2.75) is 40.2 Å². The van der Waals surface area contributed by atoms with Crippen molar-refractivity contribution < 1.29 is 14.0 Å². The van der Waals surface area contributed by atoms with Gasteiger partial charge in [0, 0.05) is 23.9 Å². The molecule has 0 spiro atoms. The smallest absolute Gasteiger partial charge is 0.220 e. The summed E-state index contributed by atoms with van der Waals surface area (Å²) in [7, 11) is 0. The summed E-state index contributed by atoms with van der Waals surface area (Å²) in [5.74, 6) is 1.20. The Balaban J connectivity index is 1.81. The predicted molar refractivity (Wildman–Crippen MR) is 80.5 cm³/mol. The van der Waals surface area contributed by atoms with Crippen LogP contribution in [0.1, 0.15) is 45.9 Å². The Hall–Kier alpha value is -1.95. The minimum atomic E-state index is -0.0544. The van der Waals surface area contributed by atoms with Crippen LogP contribution in [0.15, 0.2) is 15.9 Å². The van der Waals surface area contributed by atoms with Crippen molar-refractivity contribution in [1.29, 1.82) is 0 Å². The highest BCUT2D eigenvalue weighted by molar-refractivity contribution is 7.09. The number of nitrogens with one attached hydrogen (secondary N) is 1. The van der Waals surface area contributed by atoms with Crippen molar-refractivity contribution in [3.8, 4) is 0 Å². The second-order valence-corrected chi connectivity index (χ2v) is 5.84. The van der Waals surface area contributed by atoms with Crippen LogP contribution in [0.3, 0.4) is 0 Å². The number of ketones is 1. The molecule has 0 fully saturated rings. The van der Waals surface area contributed by atoms with E-state index in [1.807, 2.05) is 12.3 Å². The van der Waals surface area contributed by atoms with Gasteiger partial charge in [-0.15, -0.1) is 11.3 Å². The number of hydrogen-bond donors (Lipinski definition) is 1. The summed E-state index contributed by atoms with van der Waals surface area (Å²) in [5.41, 5.74) is 1.55. The molecule has 0 atom stereocenters. The van der Waals surface area contributed by atoms with E-state index >= 15 is 0 Å². The fraction of sp³-hybridized carbons (Fsp3) is 0.400. The van der Waals surface area contributed by atoms with Crippen LogP contribution in [0.2, 0.25) is 0 Å². The summed E-state index contributed by atoms with van der Waals surface area (Å²) in [6, 6.07) is 1.72. The highest BCUT2D eigenvalue weighted by Gasteiger charge is 2.12. The lowest BCUT2D eigenvalue weighted by molar-refractivity contribution is -0.121. The number of amides is 1. The molecule has 0 saturated carbocycles. The molecule has 0 radical (unpaired) electrons. The highest BCUT2D eigenvalue weighted by atomic mass is 32.1. The molecule has 1 amide bonds. The lowest BCUT2D eigenvalue weighted by Gasteiger charge is -2.01. The van der Waals surface area contributed by atoms with E-state index in [4.69, 9.17) is 4.42 Å². The predicted octanol–water partition coefficient (Wildman–Crippen LogP) is 2.80. The standard InChI is InChI=1S/C15H18N2O3S/c1-9-8-21-15(17-9)7-16-14(19)5-4-12-6-13(10(2)18)11(3)20-12/h6,8H,4-5,7H2,1-3H3,(H,16,19). The van der Waals surface area contributed by atoms with E-state index in [-0.39, 0.29) is 11.7 Å². The number of hydrogen-bond acceptors (Lipinski definition) is 5. The van der Waals surface area contributed by atoms with Crippen LogP contribution in [0.5, 0.6) is 0 Å². The van der Waals surface area contributed by atoms with Gasteiger partial charge in [0.15, 0.2) is 5.78 Å². The summed E-state index contributed by atoms with van der Waals surface area (Å²) in [5, 5.41) is 5.68. The molecule has 0 aromatic carbocycles. The molecular formula is C15H18N2O3S. The Kier molecular flexibility index (Phi) is 4.90. The average Bonchev–Trinajstić information content (AvgIpc) is 3.00. The van der Waals surface area contributed by atoms with Gasteiger partial charge in [0.05, 0.1) is 12.1 Å².